The summed E-state index contributed by atoms with van der Waals surface area (Å²) < 4.78 is 5.43. The average Bonchev–Trinajstić information content (AvgIpc) is 3.25. The largest absolute Gasteiger partial charge is 0.378 e. The molecule has 6 rings (SSSR count). The molecule has 0 atom stereocenters. The lowest BCUT2D eigenvalue weighted by atomic mass is 9.79. The molecule has 0 unspecified atom stereocenters. The van der Waals surface area contributed by atoms with Crippen molar-refractivity contribution in [1.29, 1.82) is 0 Å². The predicted molar refractivity (Wildman–Crippen MR) is 127 cm³/mol. The molecular formula is C24H29N7O. The number of ether oxygens (including phenoxy) is 1. The minimum Gasteiger partial charge on any atom is -0.378 e. The average molecular weight is 432 g/mol. The first kappa shape index (κ1) is 19.7. The van der Waals surface area contributed by atoms with E-state index in [1.165, 1.54) is 25.2 Å². The van der Waals surface area contributed by atoms with Gasteiger partial charge in [0, 0.05) is 56.3 Å². The minimum absolute atomic E-state index is 0.456. The molecule has 1 spiro atoms. The molecule has 1 N–H and O–H groups in total. The smallest absolute Gasteiger partial charge is 0.228 e. The first-order valence-corrected chi connectivity index (χ1v) is 11.4. The lowest BCUT2D eigenvalue weighted by Crippen LogP contribution is -2.55. The van der Waals surface area contributed by atoms with Gasteiger partial charge >= 0.3 is 0 Å². The van der Waals surface area contributed by atoms with Gasteiger partial charge in [0.2, 0.25) is 5.95 Å². The molecule has 0 radical (unpaired) electrons. The monoisotopic (exact) mass is 431 g/mol. The van der Waals surface area contributed by atoms with Crippen LogP contribution in [0.5, 0.6) is 0 Å². The Balaban J connectivity index is 1.22. The van der Waals surface area contributed by atoms with Gasteiger partial charge in [-0.2, -0.15) is 0 Å². The molecule has 0 aliphatic carbocycles. The third kappa shape index (κ3) is 3.63. The summed E-state index contributed by atoms with van der Waals surface area (Å²) in [6.45, 7) is 7.92. The van der Waals surface area contributed by atoms with Crippen LogP contribution in [0.3, 0.4) is 0 Å². The number of fused-ring (bicyclic) bond motifs is 1. The Bertz CT molecular complexity index is 1110. The molecule has 0 bridgehead atoms. The van der Waals surface area contributed by atoms with Crippen LogP contribution in [0, 0.1) is 5.41 Å². The van der Waals surface area contributed by atoms with Crippen molar-refractivity contribution in [2.24, 2.45) is 5.41 Å². The second kappa shape index (κ2) is 7.86. The number of para-hydroxylation sites is 1. The lowest BCUT2D eigenvalue weighted by molar-refractivity contribution is 0.0424. The van der Waals surface area contributed by atoms with E-state index in [1.54, 1.807) is 0 Å². The van der Waals surface area contributed by atoms with E-state index in [-0.39, 0.29) is 0 Å². The maximum absolute atomic E-state index is 5.43. The number of hydrogen-bond donors (Lipinski definition) is 1. The molecule has 166 valence electrons. The molecular weight excluding hydrogens is 402 g/mol. The summed E-state index contributed by atoms with van der Waals surface area (Å²) >= 11 is 0. The first-order chi connectivity index (χ1) is 15.7. The summed E-state index contributed by atoms with van der Waals surface area (Å²) in [5.41, 5.74) is 3.77. The van der Waals surface area contributed by atoms with Gasteiger partial charge in [-0.15, -0.1) is 0 Å². The number of rotatable bonds is 4. The van der Waals surface area contributed by atoms with Crippen LogP contribution in [0.4, 0.5) is 23.1 Å². The zero-order chi connectivity index (χ0) is 21.5. The molecule has 32 heavy (non-hydrogen) atoms. The van der Waals surface area contributed by atoms with E-state index in [2.05, 4.69) is 61.3 Å². The van der Waals surface area contributed by atoms with Crippen molar-refractivity contribution in [2.75, 3.05) is 74.6 Å². The number of hydrogen-bond acceptors (Lipinski definition) is 8. The number of nitrogens with zero attached hydrogens (tertiary/aromatic N) is 6. The van der Waals surface area contributed by atoms with E-state index in [1.807, 2.05) is 18.5 Å². The molecule has 8 heteroatoms. The molecule has 3 aromatic rings. The highest BCUT2D eigenvalue weighted by Gasteiger charge is 2.46. The van der Waals surface area contributed by atoms with E-state index in [9.17, 15) is 0 Å². The summed E-state index contributed by atoms with van der Waals surface area (Å²) in [4.78, 5) is 21.2. The van der Waals surface area contributed by atoms with Crippen LogP contribution < -0.4 is 15.1 Å². The number of morpholine rings is 1. The third-order valence-electron chi connectivity index (χ3n) is 6.94. The van der Waals surface area contributed by atoms with E-state index >= 15 is 0 Å². The standard InChI is InChI=1S/C24H29N7O/c1-29-15-24(16-29)7-8-31(17-24)20-4-2-3-18-13-26-23(28-22(18)20)27-21-6-5-19(14-25-21)30-9-11-32-12-10-30/h2-6,13-14H,7-12,15-17H2,1H3,(H,25,26,27,28). The number of nitrogens with one attached hydrogen (secondary N) is 1. The van der Waals surface area contributed by atoms with Crippen molar-refractivity contribution in [3.05, 3.63) is 42.7 Å². The Morgan fingerprint density at radius 3 is 2.59 bits per heavy atom. The first-order valence-electron chi connectivity index (χ1n) is 11.4. The minimum atomic E-state index is 0.456. The highest BCUT2D eigenvalue weighted by Crippen LogP contribution is 2.41. The summed E-state index contributed by atoms with van der Waals surface area (Å²) in [7, 11) is 2.21. The van der Waals surface area contributed by atoms with Crippen molar-refractivity contribution in [2.45, 2.75) is 6.42 Å². The molecule has 2 aromatic heterocycles. The summed E-state index contributed by atoms with van der Waals surface area (Å²) in [6, 6.07) is 10.5. The zero-order valence-corrected chi connectivity index (χ0v) is 18.5. The quantitative estimate of drug-likeness (QED) is 0.676. The van der Waals surface area contributed by atoms with Crippen LogP contribution in [0.1, 0.15) is 6.42 Å². The van der Waals surface area contributed by atoms with Gasteiger partial charge in [0.1, 0.15) is 5.82 Å². The molecule has 0 saturated carbocycles. The SMILES string of the molecule is CN1CC2(CCN(c3cccc4cnc(Nc5ccc(N6CCOCC6)cn5)nc34)C2)C1. The van der Waals surface area contributed by atoms with Crippen molar-refractivity contribution in [3.8, 4) is 0 Å². The van der Waals surface area contributed by atoms with Crippen molar-refractivity contribution >= 4 is 34.0 Å². The van der Waals surface area contributed by atoms with Crippen molar-refractivity contribution in [1.82, 2.24) is 19.9 Å². The molecule has 3 fully saturated rings. The molecule has 3 aliphatic heterocycles. The van der Waals surface area contributed by atoms with Gasteiger partial charge in [-0.05, 0) is 31.7 Å². The lowest BCUT2D eigenvalue weighted by Gasteiger charge is -2.46. The Kier molecular flexibility index (Phi) is 4.84. The van der Waals surface area contributed by atoms with Crippen LogP contribution in [0.25, 0.3) is 10.9 Å². The Hall–Kier alpha value is -2.97. The van der Waals surface area contributed by atoms with Gasteiger partial charge in [0.15, 0.2) is 0 Å². The maximum Gasteiger partial charge on any atom is 0.228 e. The highest BCUT2D eigenvalue weighted by molar-refractivity contribution is 5.91. The van der Waals surface area contributed by atoms with Crippen molar-refractivity contribution in [3.63, 3.8) is 0 Å². The fourth-order valence-corrected chi connectivity index (χ4v) is 5.44. The second-order valence-corrected chi connectivity index (χ2v) is 9.38. The van der Waals surface area contributed by atoms with Crippen molar-refractivity contribution < 1.29 is 4.74 Å². The van der Waals surface area contributed by atoms with E-state index in [0.29, 0.717) is 11.4 Å². The van der Waals surface area contributed by atoms with Crippen LogP contribution >= 0.6 is 0 Å². The molecule has 5 heterocycles. The number of pyridine rings is 1. The Morgan fingerprint density at radius 2 is 1.81 bits per heavy atom. The maximum atomic E-state index is 5.43. The van der Waals surface area contributed by atoms with Gasteiger partial charge in [-0.25, -0.2) is 15.0 Å². The van der Waals surface area contributed by atoms with E-state index in [4.69, 9.17) is 9.72 Å². The summed E-state index contributed by atoms with van der Waals surface area (Å²) in [5.74, 6) is 1.32. The molecule has 3 saturated heterocycles. The third-order valence-corrected chi connectivity index (χ3v) is 6.94. The normalized spacial score (nSPS) is 20.7. The zero-order valence-electron chi connectivity index (χ0n) is 18.5. The predicted octanol–water partition coefficient (Wildman–Crippen LogP) is 2.75. The molecule has 0 amide bonds. The fourth-order valence-electron chi connectivity index (χ4n) is 5.44. The van der Waals surface area contributed by atoms with Gasteiger partial charge in [0.05, 0.1) is 36.3 Å². The highest BCUT2D eigenvalue weighted by atomic mass is 16.5. The molecule has 8 nitrogen and oxygen atoms in total. The fraction of sp³-hybridized carbons (Fsp3) is 0.458. The second-order valence-electron chi connectivity index (χ2n) is 9.38. The summed E-state index contributed by atoms with van der Waals surface area (Å²) in [5, 5.41) is 4.35. The number of aromatic nitrogens is 3. The number of benzene rings is 1. The number of likely N-dealkylation sites (tertiary alicyclic amines) is 1. The molecule has 1 aromatic carbocycles. The van der Waals surface area contributed by atoms with E-state index < -0.39 is 0 Å². The van der Waals surface area contributed by atoms with Crippen LogP contribution in [-0.2, 0) is 4.74 Å². The molecule has 3 aliphatic rings. The van der Waals surface area contributed by atoms with Gasteiger partial charge < -0.3 is 24.8 Å². The number of anilines is 4. The topological polar surface area (TPSA) is 69.7 Å². The Labute approximate surface area is 188 Å². The van der Waals surface area contributed by atoms with Crippen LogP contribution in [0.2, 0.25) is 0 Å². The van der Waals surface area contributed by atoms with Crippen LogP contribution in [-0.4, -0.2) is 79.4 Å². The van der Waals surface area contributed by atoms with E-state index in [0.717, 1.165) is 61.8 Å². The van der Waals surface area contributed by atoms with Crippen LogP contribution in [0.15, 0.2) is 42.7 Å². The van der Waals surface area contributed by atoms with Gasteiger partial charge in [-0.3, -0.25) is 0 Å². The van der Waals surface area contributed by atoms with Gasteiger partial charge in [-0.1, -0.05) is 12.1 Å². The van der Waals surface area contributed by atoms with Gasteiger partial charge in [0.25, 0.3) is 0 Å². The summed E-state index contributed by atoms with van der Waals surface area (Å²) in [6.07, 6.45) is 5.06. The Morgan fingerprint density at radius 1 is 0.938 bits per heavy atom.